The van der Waals surface area contributed by atoms with Gasteiger partial charge in [-0.1, -0.05) is 31.4 Å². The highest BCUT2D eigenvalue weighted by Gasteiger charge is 2.36. The molecular formula is C19H25NO2. The van der Waals surface area contributed by atoms with Crippen LogP contribution in [-0.2, 0) is 0 Å². The number of rotatable bonds is 2. The van der Waals surface area contributed by atoms with E-state index in [1.165, 1.54) is 32.1 Å². The molecule has 3 nitrogen and oxygen atoms in total. The Bertz CT molecular complexity index is 545. The quantitative estimate of drug-likeness (QED) is 0.772. The largest absolute Gasteiger partial charge is 0.339 e. The molecule has 0 bridgehead atoms. The van der Waals surface area contributed by atoms with E-state index in [1.54, 1.807) is 31.2 Å². The molecule has 0 atom stereocenters. The number of carbonyl (C=O) groups is 2. The fourth-order valence-electron chi connectivity index (χ4n) is 4.02. The van der Waals surface area contributed by atoms with Crippen LogP contribution in [0.2, 0.25) is 0 Å². The van der Waals surface area contributed by atoms with Crippen LogP contribution in [-0.4, -0.2) is 29.7 Å². The fraction of sp³-hybridized carbons (Fsp3) is 0.579. The maximum atomic E-state index is 12.6. The number of hydrogen-bond acceptors (Lipinski definition) is 2. The third-order valence-corrected chi connectivity index (χ3v) is 5.56. The van der Waals surface area contributed by atoms with Crippen LogP contribution in [0.5, 0.6) is 0 Å². The molecule has 1 saturated heterocycles. The van der Waals surface area contributed by atoms with Gasteiger partial charge in [0, 0.05) is 24.2 Å². The molecule has 1 heterocycles. The van der Waals surface area contributed by atoms with Crippen LogP contribution in [0, 0.1) is 5.41 Å². The van der Waals surface area contributed by atoms with Crippen molar-refractivity contribution in [3.8, 4) is 0 Å². The minimum absolute atomic E-state index is 0.0382. The van der Waals surface area contributed by atoms with Crippen LogP contribution in [0.15, 0.2) is 24.3 Å². The zero-order valence-corrected chi connectivity index (χ0v) is 13.4. The number of Topliss-reactive ketones (excluding diaryl/α,β-unsaturated/α-hetero) is 1. The highest BCUT2D eigenvalue weighted by molar-refractivity contribution is 5.97. The molecule has 1 aliphatic heterocycles. The third-order valence-electron chi connectivity index (χ3n) is 5.56. The predicted molar refractivity (Wildman–Crippen MR) is 87.1 cm³/mol. The van der Waals surface area contributed by atoms with E-state index in [4.69, 9.17) is 0 Å². The van der Waals surface area contributed by atoms with Crippen molar-refractivity contribution in [1.82, 2.24) is 4.90 Å². The molecule has 1 aromatic rings. The second kappa shape index (κ2) is 6.23. The summed E-state index contributed by atoms with van der Waals surface area (Å²) < 4.78 is 0. The van der Waals surface area contributed by atoms with Crippen LogP contribution < -0.4 is 0 Å². The number of likely N-dealkylation sites (tertiary alicyclic amines) is 1. The standard InChI is InChI=1S/C19H25NO2/c1-15(21)16-5-7-17(8-6-16)18(22)20-13-11-19(12-14-20)9-3-2-4-10-19/h5-8H,2-4,9-14H2,1H3. The lowest BCUT2D eigenvalue weighted by Gasteiger charge is -2.44. The zero-order valence-electron chi connectivity index (χ0n) is 13.4. The molecule has 0 aromatic heterocycles. The number of piperidine rings is 1. The first kappa shape index (κ1) is 15.3. The van der Waals surface area contributed by atoms with Crippen molar-refractivity contribution in [1.29, 1.82) is 0 Å². The monoisotopic (exact) mass is 299 g/mol. The predicted octanol–water partition coefficient (Wildman–Crippen LogP) is 4.08. The summed E-state index contributed by atoms with van der Waals surface area (Å²) in [5, 5.41) is 0. The Morgan fingerprint density at radius 3 is 1.95 bits per heavy atom. The topological polar surface area (TPSA) is 37.4 Å². The zero-order chi connectivity index (χ0) is 15.6. The van der Waals surface area contributed by atoms with E-state index in [0.717, 1.165) is 25.9 Å². The number of amides is 1. The summed E-state index contributed by atoms with van der Waals surface area (Å²) in [5.74, 6) is 0.150. The Morgan fingerprint density at radius 1 is 0.864 bits per heavy atom. The SMILES string of the molecule is CC(=O)c1ccc(C(=O)N2CCC3(CCCCC3)CC2)cc1. The highest BCUT2D eigenvalue weighted by atomic mass is 16.2. The van der Waals surface area contributed by atoms with E-state index in [2.05, 4.69) is 0 Å². The van der Waals surface area contributed by atoms with Crippen molar-refractivity contribution in [2.75, 3.05) is 13.1 Å². The number of ketones is 1. The van der Waals surface area contributed by atoms with Gasteiger partial charge in [-0.25, -0.2) is 0 Å². The number of hydrogen-bond donors (Lipinski definition) is 0. The fourth-order valence-corrected chi connectivity index (χ4v) is 4.02. The van der Waals surface area contributed by atoms with Gasteiger partial charge in [-0.15, -0.1) is 0 Å². The van der Waals surface area contributed by atoms with E-state index >= 15 is 0 Å². The van der Waals surface area contributed by atoms with Gasteiger partial charge in [0.05, 0.1) is 0 Å². The van der Waals surface area contributed by atoms with Gasteiger partial charge in [0.25, 0.3) is 5.91 Å². The van der Waals surface area contributed by atoms with Gasteiger partial charge < -0.3 is 4.90 Å². The molecule has 3 heteroatoms. The molecule has 0 unspecified atom stereocenters. The highest BCUT2D eigenvalue weighted by Crippen LogP contribution is 2.44. The Labute approximate surface area is 132 Å². The Morgan fingerprint density at radius 2 is 1.41 bits per heavy atom. The van der Waals surface area contributed by atoms with Crippen molar-refractivity contribution >= 4 is 11.7 Å². The molecule has 118 valence electrons. The van der Waals surface area contributed by atoms with Gasteiger partial charge in [0.15, 0.2) is 5.78 Å². The molecule has 1 aliphatic carbocycles. The average molecular weight is 299 g/mol. The molecule has 22 heavy (non-hydrogen) atoms. The Balaban J connectivity index is 1.63. The summed E-state index contributed by atoms with van der Waals surface area (Å²) in [6.45, 7) is 3.31. The van der Waals surface area contributed by atoms with Gasteiger partial charge in [-0.05, 0) is 50.2 Å². The van der Waals surface area contributed by atoms with Crippen molar-refractivity contribution in [3.05, 3.63) is 35.4 Å². The molecular weight excluding hydrogens is 274 g/mol. The summed E-state index contributed by atoms with van der Waals surface area (Å²) in [5.41, 5.74) is 1.88. The number of benzene rings is 1. The molecule has 1 spiro atoms. The summed E-state index contributed by atoms with van der Waals surface area (Å²) >= 11 is 0. The van der Waals surface area contributed by atoms with E-state index in [-0.39, 0.29) is 11.7 Å². The van der Waals surface area contributed by atoms with Crippen LogP contribution >= 0.6 is 0 Å². The first-order valence-corrected chi connectivity index (χ1v) is 8.50. The van der Waals surface area contributed by atoms with Crippen molar-refractivity contribution in [2.24, 2.45) is 5.41 Å². The molecule has 0 radical (unpaired) electrons. The van der Waals surface area contributed by atoms with Gasteiger partial charge in [0.1, 0.15) is 0 Å². The first-order chi connectivity index (χ1) is 10.6. The van der Waals surface area contributed by atoms with E-state index in [1.807, 2.05) is 4.90 Å². The summed E-state index contributed by atoms with van der Waals surface area (Å²) in [7, 11) is 0. The second-order valence-corrected chi connectivity index (χ2v) is 6.99. The smallest absolute Gasteiger partial charge is 0.253 e. The van der Waals surface area contributed by atoms with E-state index in [9.17, 15) is 9.59 Å². The van der Waals surface area contributed by atoms with Crippen molar-refractivity contribution in [3.63, 3.8) is 0 Å². The second-order valence-electron chi connectivity index (χ2n) is 6.99. The summed E-state index contributed by atoms with van der Waals surface area (Å²) in [6, 6.07) is 7.07. The number of nitrogens with zero attached hydrogens (tertiary/aromatic N) is 1. The van der Waals surface area contributed by atoms with E-state index in [0.29, 0.717) is 16.5 Å². The number of carbonyl (C=O) groups excluding carboxylic acids is 2. The van der Waals surface area contributed by atoms with Gasteiger partial charge in [-0.2, -0.15) is 0 Å². The third kappa shape index (κ3) is 3.08. The maximum Gasteiger partial charge on any atom is 0.253 e. The van der Waals surface area contributed by atoms with Crippen LogP contribution in [0.25, 0.3) is 0 Å². The molecule has 2 fully saturated rings. The average Bonchev–Trinajstić information content (AvgIpc) is 2.56. The minimum atomic E-state index is 0.0382. The lowest BCUT2D eigenvalue weighted by atomic mass is 9.68. The van der Waals surface area contributed by atoms with Gasteiger partial charge in [-0.3, -0.25) is 9.59 Å². The van der Waals surface area contributed by atoms with Crippen molar-refractivity contribution < 1.29 is 9.59 Å². The lowest BCUT2D eigenvalue weighted by molar-refractivity contribution is 0.0472. The van der Waals surface area contributed by atoms with Crippen molar-refractivity contribution in [2.45, 2.75) is 51.9 Å². The normalized spacial score (nSPS) is 20.9. The van der Waals surface area contributed by atoms with Crippen LogP contribution in [0.1, 0.15) is 72.6 Å². The molecule has 1 amide bonds. The Hall–Kier alpha value is -1.64. The Kier molecular flexibility index (Phi) is 4.32. The molecule has 2 aliphatic rings. The first-order valence-electron chi connectivity index (χ1n) is 8.50. The molecule has 1 saturated carbocycles. The van der Waals surface area contributed by atoms with E-state index < -0.39 is 0 Å². The molecule has 0 N–H and O–H groups in total. The molecule has 1 aromatic carbocycles. The lowest BCUT2D eigenvalue weighted by Crippen LogP contribution is -2.43. The van der Waals surface area contributed by atoms with Crippen LogP contribution in [0.3, 0.4) is 0 Å². The van der Waals surface area contributed by atoms with Crippen LogP contribution in [0.4, 0.5) is 0 Å². The summed E-state index contributed by atoms with van der Waals surface area (Å²) in [4.78, 5) is 25.9. The minimum Gasteiger partial charge on any atom is -0.339 e. The van der Waals surface area contributed by atoms with Gasteiger partial charge in [0.2, 0.25) is 0 Å². The molecule has 3 rings (SSSR count). The summed E-state index contributed by atoms with van der Waals surface area (Å²) in [6.07, 6.45) is 9.12. The maximum absolute atomic E-state index is 12.6. The van der Waals surface area contributed by atoms with Gasteiger partial charge >= 0.3 is 0 Å².